The highest BCUT2D eigenvalue weighted by atomic mass is 127. The second-order valence-electron chi connectivity index (χ2n) is 9.08. The summed E-state index contributed by atoms with van der Waals surface area (Å²) in [6, 6.07) is 6.52. The van der Waals surface area contributed by atoms with E-state index < -0.39 is 23.6 Å². The zero-order valence-corrected chi connectivity index (χ0v) is 34.6. The van der Waals surface area contributed by atoms with Crippen molar-refractivity contribution in [2.45, 2.75) is 41.0 Å². The molecule has 43 heavy (non-hydrogen) atoms. The molecule has 0 saturated heterocycles. The van der Waals surface area contributed by atoms with Crippen molar-refractivity contribution in [2.75, 3.05) is 9.80 Å². The van der Waals surface area contributed by atoms with E-state index in [-0.39, 0.29) is 42.8 Å². The van der Waals surface area contributed by atoms with Crippen LogP contribution in [-0.4, -0.2) is 34.5 Å². The first-order chi connectivity index (χ1) is 19.5. The van der Waals surface area contributed by atoms with Crippen molar-refractivity contribution in [3.63, 3.8) is 0 Å². The van der Waals surface area contributed by atoms with Gasteiger partial charge < -0.3 is 5.11 Å². The van der Waals surface area contributed by atoms with Crippen LogP contribution >= 0.6 is 131 Å². The van der Waals surface area contributed by atoms with Crippen molar-refractivity contribution in [2.24, 2.45) is 5.92 Å². The number of hydrogen-bond acceptors (Lipinski definition) is 6. The summed E-state index contributed by atoms with van der Waals surface area (Å²) >= 11 is 19.0. The highest BCUT2D eigenvalue weighted by Crippen LogP contribution is 2.41. The van der Waals surface area contributed by atoms with Crippen LogP contribution < -0.4 is 9.80 Å². The largest absolute Gasteiger partial charge is 0.508 e. The Bertz CT molecular complexity index is 1560. The molecule has 0 fully saturated rings. The first-order valence-corrected chi connectivity index (χ1v) is 18.3. The van der Waals surface area contributed by atoms with Gasteiger partial charge in [0.1, 0.15) is 29.5 Å². The van der Waals surface area contributed by atoms with E-state index in [1.54, 1.807) is 26.0 Å². The quantitative estimate of drug-likeness (QED) is 0.229. The van der Waals surface area contributed by atoms with Crippen LogP contribution in [0.2, 0.25) is 0 Å². The van der Waals surface area contributed by atoms with Gasteiger partial charge in [-0.3, -0.25) is 24.0 Å². The highest BCUT2D eigenvalue weighted by Gasteiger charge is 2.40. The highest BCUT2D eigenvalue weighted by molar-refractivity contribution is 14.1. The van der Waals surface area contributed by atoms with Crippen LogP contribution in [0.25, 0.3) is 0 Å². The number of aryl methyl sites for hydroxylation is 1. The first-order valence-electron chi connectivity index (χ1n) is 11.9. The fraction of sp³-hybridized carbons (Fsp3) is 0.250. The van der Waals surface area contributed by atoms with Crippen LogP contribution in [0.5, 0.6) is 5.75 Å². The second kappa shape index (κ2) is 16.1. The lowest BCUT2D eigenvalue weighted by Crippen LogP contribution is -2.33. The van der Waals surface area contributed by atoms with Crippen molar-refractivity contribution in [3.05, 3.63) is 64.0 Å². The molecule has 8 nitrogen and oxygen atoms in total. The second-order valence-corrected chi connectivity index (χ2v) is 15.7. The summed E-state index contributed by atoms with van der Waals surface area (Å²) in [5, 5.41) is 9.47. The summed E-state index contributed by atoms with van der Waals surface area (Å²) < 4.78 is 3.48. The number of Topliss-reactive ketones (excluding diaryl/α,β-unsaturated/α-hetero) is 1. The lowest BCUT2D eigenvalue weighted by molar-refractivity contribution is -0.121. The molecule has 4 amide bonds. The number of rotatable bonds is 6. The van der Waals surface area contributed by atoms with E-state index >= 15 is 0 Å². The molecule has 230 valence electrons. The first kappa shape index (κ1) is 39.0. The van der Waals surface area contributed by atoms with Gasteiger partial charge >= 0.3 is 0 Å². The molecule has 2 heterocycles. The number of nitrogens with zero attached hydrogens (tertiary/aromatic N) is 2. The van der Waals surface area contributed by atoms with Crippen molar-refractivity contribution in [3.8, 4) is 5.75 Å². The van der Waals surface area contributed by atoms with Gasteiger partial charge in [-0.15, -0.1) is 0 Å². The van der Waals surface area contributed by atoms with E-state index in [0.717, 1.165) is 33.2 Å². The maximum atomic E-state index is 12.5. The van der Waals surface area contributed by atoms with Crippen molar-refractivity contribution < 1.29 is 29.1 Å². The van der Waals surface area contributed by atoms with Crippen LogP contribution in [0.3, 0.4) is 0 Å². The molecule has 1 N–H and O–H groups in total. The smallest absolute Gasteiger partial charge is 0.273 e. The molecular formula is C28H23Br4I3N2O6. The number of hydrogen-bond donors (Lipinski definition) is 1. The Labute approximate surface area is 323 Å². The summed E-state index contributed by atoms with van der Waals surface area (Å²) in [4.78, 5) is 62.8. The van der Waals surface area contributed by atoms with E-state index in [0.29, 0.717) is 17.8 Å². The zero-order chi connectivity index (χ0) is 31.8. The maximum Gasteiger partial charge on any atom is 0.273 e. The van der Waals surface area contributed by atoms with E-state index in [4.69, 9.17) is 0 Å². The molecule has 2 aromatic carbocycles. The summed E-state index contributed by atoms with van der Waals surface area (Å²) in [6.07, 6.45) is 1.35. The molecule has 0 aromatic heterocycles. The van der Waals surface area contributed by atoms with Crippen LogP contribution in [0.15, 0.2) is 42.2 Å². The molecule has 2 aliphatic rings. The average Bonchev–Trinajstić information content (AvgIpc) is 3.22. The number of imide groups is 2. The Hall–Kier alpha value is -0.220. The molecule has 0 radical (unpaired) electrons. The third kappa shape index (κ3) is 8.20. The van der Waals surface area contributed by atoms with Crippen LogP contribution in [-0.2, 0) is 30.4 Å². The van der Waals surface area contributed by atoms with Crippen LogP contribution in [0.4, 0.5) is 11.4 Å². The van der Waals surface area contributed by atoms with Gasteiger partial charge in [0, 0.05) is 22.7 Å². The van der Waals surface area contributed by atoms with E-state index in [1.165, 1.54) is 11.0 Å². The van der Waals surface area contributed by atoms with Gasteiger partial charge in [-0.2, -0.15) is 0 Å². The van der Waals surface area contributed by atoms with E-state index in [1.807, 2.05) is 13.0 Å². The van der Waals surface area contributed by atoms with Crippen molar-refractivity contribution in [1.82, 2.24) is 0 Å². The number of ketones is 1. The van der Waals surface area contributed by atoms with Gasteiger partial charge in [0.25, 0.3) is 23.6 Å². The van der Waals surface area contributed by atoms with Gasteiger partial charge in [0.2, 0.25) is 0 Å². The molecule has 0 spiro atoms. The number of halogens is 7. The molecule has 1 unspecified atom stereocenters. The molecule has 0 saturated carbocycles. The number of benzene rings is 2. The minimum absolute atomic E-state index is 0. The molecule has 2 aliphatic heterocycles. The molecular weight excluding hydrogens is 1160 g/mol. The molecule has 0 aliphatic carbocycles. The Balaban J connectivity index is 0.000000313. The summed E-state index contributed by atoms with van der Waals surface area (Å²) in [5.41, 5.74) is 2.69. The molecule has 0 bridgehead atoms. The Morgan fingerprint density at radius 3 is 1.70 bits per heavy atom. The van der Waals surface area contributed by atoms with Crippen LogP contribution in [0, 0.1) is 23.6 Å². The Morgan fingerprint density at radius 2 is 1.28 bits per heavy atom. The maximum absolute atomic E-state index is 12.5. The molecule has 2 aromatic rings. The number of aromatic hydroxyl groups is 1. The number of phenols is 1. The standard InChI is InChI=1S/C16H12Br2I3NO3.C11H7Br2NO3.CH4/c1-3-7(6(2)23)4-8-9(19)5-10(20)14(13(8)21)22-15(24)11(17)12(18)16(22)25;1-5-2-6(4-7(15)3-5)14-10(16)8(12)9(13)11(14)17;/h5,7H,3-4H2,1-2H3;2-4,15H,1H3;1H4. The van der Waals surface area contributed by atoms with E-state index in [2.05, 4.69) is 131 Å². The normalized spacial score (nSPS) is 15.7. The van der Waals surface area contributed by atoms with Gasteiger partial charge in [0.15, 0.2) is 0 Å². The predicted molar refractivity (Wildman–Crippen MR) is 207 cm³/mol. The number of carbonyl (C=O) groups excluding carboxylic acids is 5. The fourth-order valence-corrected chi connectivity index (χ4v) is 9.78. The van der Waals surface area contributed by atoms with Crippen molar-refractivity contribution >= 4 is 172 Å². The third-order valence-corrected chi connectivity index (χ3v) is 13.2. The van der Waals surface area contributed by atoms with Crippen molar-refractivity contribution in [1.29, 1.82) is 0 Å². The van der Waals surface area contributed by atoms with Gasteiger partial charge in [-0.05, 0) is 188 Å². The number of phenolic OH excluding ortho intramolecular Hbond substituents is 1. The fourth-order valence-electron chi connectivity index (χ4n) is 4.10. The van der Waals surface area contributed by atoms with E-state index in [9.17, 15) is 29.1 Å². The van der Waals surface area contributed by atoms with Crippen LogP contribution in [0.1, 0.15) is 38.8 Å². The number of anilines is 2. The average molecular weight is 1180 g/mol. The lowest BCUT2D eigenvalue weighted by Gasteiger charge is -2.22. The van der Waals surface area contributed by atoms with Gasteiger partial charge in [0.05, 0.1) is 11.4 Å². The Morgan fingerprint density at radius 1 is 0.814 bits per heavy atom. The summed E-state index contributed by atoms with van der Waals surface area (Å²) in [7, 11) is 0. The molecule has 15 heteroatoms. The van der Waals surface area contributed by atoms with Gasteiger partial charge in [-0.1, -0.05) is 14.4 Å². The summed E-state index contributed by atoms with van der Waals surface area (Å²) in [5.74, 6) is -1.60. The summed E-state index contributed by atoms with van der Waals surface area (Å²) in [6.45, 7) is 5.37. The van der Waals surface area contributed by atoms with Gasteiger partial charge in [-0.25, -0.2) is 9.80 Å². The number of amides is 4. The minimum atomic E-state index is -0.452. The lowest BCUT2D eigenvalue weighted by atomic mass is 9.93. The predicted octanol–water partition coefficient (Wildman–Crippen LogP) is 8.74. The topological polar surface area (TPSA) is 112 Å². The molecule has 1 atom stereocenters. The monoisotopic (exact) mass is 1180 g/mol. The minimum Gasteiger partial charge on any atom is -0.508 e. The number of carbonyl (C=O) groups is 5. The third-order valence-electron chi connectivity index (χ3n) is 6.24. The molecule has 4 rings (SSSR count). The zero-order valence-electron chi connectivity index (χ0n) is 21.8. The SMILES string of the molecule is C.CCC(Cc1c(I)cc(I)c(N2C(=O)C(Br)=C(Br)C2=O)c1I)C(C)=O.Cc1cc(O)cc(N2C(=O)C(Br)=C(Br)C2=O)c1. The Kier molecular flexibility index (Phi) is 14.5.